The zero-order valence-electron chi connectivity index (χ0n) is 14.5. The van der Waals surface area contributed by atoms with Crippen LogP contribution in [0.2, 0.25) is 0 Å². The molecule has 3 aromatic rings. The van der Waals surface area contributed by atoms with E-state index in [9.17, 15) is 23.4 Å². The third-order valence-electron chi connectivity index (χ3n) is 3.98. The van der Waals surface area contributed by atoms with Crippen LogP contribution in [-0.2, 0) is 14.9 Å². The number of hydrogen-bond donors (Lipinski definition) is 4. The predicted molar refractivity (Wildman–Crippen MR) is 101 cm³/mol. The van der Waals surface area contributed by atoms with Crippen LogP contribution >= 0.6 is 0 Å². The fourth-order valence-corrected chi connectivity index (χ4v) is 3.14. The van der Waals surface area contributed by atoms with Gasteiger partial charge in [-0.2, -0.15) is 8.42 Å². The summed E-state index contributed by atoms with van der Waals surface area (Å²) in [7, 11) is -4.82. The Hall–Kier alpha value is -3.50. The Kier molecular flexibility index (Phi) is 4.75. The Labute approximate surface area is 159 Å². The zero-order valence-corrected chi connectivity index (χ0v) is 15.3. The van der Waals surface area contributed by atoms with Crippen molar-refractivity contribution in [2.45, 2.75) is 11.8 Å². The molecular weight excluding hydrogens is 388 g/mol. The molecule has 0 saturated heterocycles. The fourth-order valence-electron chi connectivity index (χ4n) is 2.58. The smallest absolute Gasteiger partial charge is 0.359 e. The van der Waals surface area contributed by atoms with E-state index < -0.39 is 32.7 Å². The van der Waals surface area contributed by atoms with Crippen LogP contribution in [0.3, 0.4) is 0 Å². The van der Waals surface area contributed by atoms with E-state index in [-0.39, 0.29) is 10.3 Å². The van der Waals surface area contributed by atoms with E-state index >= 15 is 0 Å². The molecule has 0 amide bonds. The summed E-state index contributed by atoms with van der Waals surface area (Å²) in [6.45, 7) is 1.41. The molecule has 0 radical (unpaired) electrons. The second kappa shape index (κ2) is 6.91. The molecule has 0 atom stereocenters. The Morgan fingerprint density at radius 2 is 1.75 bits per heavy atom. The van der Waals surface area contributed by atoms with E-state index in [2.05, 4.69) is 0 Å². The van der Waals surface area contributed by atoms with Crippen LogP contribution in [0.4, 0.5) is 5.69 Å². The van der Waals surface area contributed by atoms with Gasteiger partial charge in [0.2, 0.25) is 5.88 Å². The number of carbonyl (C=O) groups is 1. The maximum Gasteiger partial charge on any atom is 0.359 e. The third kappa shape index (κ3) is 3.63. The van der Waals surface area contributed by atoms with E-state index in [0.29, 0.717) is 17.3 Å². The van der Waals surface area contributed by atoms with Gasteiger partial charge in [-0.1, -0.05) is 24.3 Å². The summed E-state index contributed by atoms with van der Waals surface area (Å²) in [4.78, 5) is 16.1. The molecule has 0 spiro atoms. The van der Waals surface area contributed by atoms with Crippen molar-refractivity contribution in [2.75, 3.05) is 5.73 Å². The molecule has 10 heteroatoms. The largest absolute Gasteiger partial charge is 0.492 e. The molecule has 5 N–H and O–H groups in total. The maximum absolute atomic E-state index is 12.3. The van der Waals surface area contributed by atoms with Crippen LogP contribution in [0, 0.1) is 0 Å². The second-order valence-electron chi connectivity index (χ2n) is 5.99. The van der Waals surface area contributed by atoms with Gasteiger partial charge in [0.05, 0.1) is 0 Å². The molecule has 146 valence electrons. The molecule has 0 unspecified atom stereocenters. The number of aromatic hydroxyl groups is 2. The first kappa shape index (κ1) is 19.3. The lowest BCUT2D eigenvalue weighted by Crippen LogP contribution is -2.20. The highest BCUT2D eigenvalue weighted by Crippen LogP contribution is 2.30. The van der Waals surface area contributed by atoms with Gasteiger partial charge in [0.15, 0.2) is 4.90 Å². The molecule has 1 heterocycles. The van der Waals surface area contributed by atoms with E-state index in [1.54, 1.807) is 12.1 Å². The molecule has 28 heavy (non-hydrogen) atoms. The molecule has 0 aliphatic carbocycles. The van der Waals surface area contributed by atoms with E-state index in [4.69, 9.17) is 15.1 Å². The molecule has 0 fully saturated rings. The summed E-state index contributed by atoms with van der Waals surface area (Å²) in [6.07, 6.45) is 1.45. The van der Waals surface area contributed by atoms with Crippen molar-refractivity contribution in [3.63, 3.8) is 0 Å². The first-order chi connectivity index (χ1) is 13.1. The lowest BCUT2D eigenvalue weighted by Gasteiger charge is -2.08. The molecule has 9 nitrogen and oxygen atoms in total. The first-order valence-corrected chi connectivity index (χ1v) is 9.32. The highest BCUT2D eigenvalue weighted by molar-refractivity contribution is 7.86. The van der Waals surface area contributed by atoms with E-state index in [1.165, 1.54) is 13.0 Å². The number of benzene rings is 2. The number of anilines is 1. The Balaban J connectivity index is 1.92. The fraction of sp³-hybridized carbons (Fsp3) is 0.0556. The normalized spacial score (nSPS) is 12.3. The number of rotatable bonds is 4. The van der Waals surface area contributed by atoms with Crippen molar-refractivity contribution in [3.8, 4) is 11.8 Å². The van der Waals surface area contributed by atoms with Gasteiger partial charge in [-0.3, -0.25) is 4.55 Å². The monoisotopic (exact) mass is 404 g/mol. The first-order valence-electron chi connectivity index (χ1n) is 7.88. The van der Waals surface area contributed by atoms with Crippen LogP contribution in [-0.4, -0.2) is 33.9 Å². The van der Waals surface area contributed by atoms with Crippen LogP contribution in [0.5, 0.6) is 11.8 Å². The van der Waals surface area contributed by atoms with E-state index in [1.807, 2.05) is 24.3 Å². The number of hydrogen-bond acceptors (Lipinski definition) is 7. The summed E-state index contributed by atoms with van der Waals surface area (Å²) < 4.78 is 31.4. The predicted octanol–water partition coefficient (Wildman–Crippen LogP) is 1.94. The van der Waals surface area contributed by atoms with Crippen molar-refractivity contribution in [2.24, 2.45) is 0 Å². The SMILES string of the molecule is CC(=Cc1cc2ccccc2cc1N)C(=O)On1c(O)cc(S(=O)(=O)O)c1O. The number of fused-ring (bicyclic) bond motifs is 1. The average molecular weight is 404 g/mol. The zero-order chi connectivity index (χ0) is 20.6. The quantitative estimate of drug-likeness (QED) is 0.292. The summed E-state index contributed by atoms with van der Waals surface area (Å²) in [5.74, 6) is -3.03. The van der Waals surface area contributed by atoms with Crippen molar-refractivity contribution >= 4 is 38.6 Å². The van der Waals surface area contributed by atoms with Crippen LogP contribution < -0.4 is 10.6 Å². The van der Waals surface area contributed by atoms with Gasteiger partial charge in [0, 0.05) is 17.3 Å². The van der Waals surface area contributed by atoms with Crippen LogP contribution in [0.15, 0.2) is 52.9 Å². The number of nitrogen functional groups attached to an aromatic ring is 1. The summed E-state index contributed by atoms with van der Waals surface area (Å²) in [5.41, 5.74) is 7.04. The molecule has 0 aliphatic heterocycles. The molecule has 1 aromatic heterocycles. The topological polar surface area (TPSA) is 152 Å². The second-order valence-corrected chi connectivity index (χ2v) is 7.38. The Bertz CT molecular complexity index is 1230. The molecule has 0 saturated carbocycles. The summed E-state index contributed by atoms with van der Waals surface area (Å²) >= 11 is 0. The Morgan fingerprint density at radius 1 is 1.14 bits per heavy atom. The molecule has 0 aliphatic rings. The van der Waals surface area contributed by atoms with Gasteiger partial charge in [0.25, 0.3) is 16.0 Å². The van der Waals surface area contributed by atoms with Gasteiger partial charge < -0.3 is 20.8 Å². The maximum atomic E-state index is 12.3. The van der Waals surface area contributed by atoms with Gasteiger partial charge >= 0.3 is 5.97 Å². The van der Waals surface area contributed by atoms with Gasteiger partial charge in [-0.15, -0.1) is 4.73 Å². The highest BCUT2D eigenvalue weighted by atomic mass is 32.2. The third-order valence-corrected chi connectivity index (χ3v) is 4.83. The van der Waals surface area contributed by atoms with E-state index in [0.717, 1.165) is 10.8 Å². The minimum absolute atomic E-state index is 0.0582. The number of aromatic nitrogens is 1. The minimum atomic E-state index is -4.82. The number of nitrogens with zero attached hydrogens (tertiary/aromatic N) is 1. The molecular formula is C18H16N2O7S. The van der Waals surface area contributed by atoms with Crippen molar-refractivity contribution in [3.05, 3.63) is 53.6 Å². The van der Waals surface area contributed by atoms with Gasteiger partial charge in [-0.05, 0) is 41.5 Å². The average Bonchev–Trinajstić information content (AvgIpc) is 2.90. The van der Waals surface area contributed by atoms with Crippen molar-refractivity contribution in [1.29, 1.82) is 0 Å². The number of nitrogens with two attached hydrogens (primary N) is 1. The Morgan fingerprint density at radius 3 is 2.32 bits per heavy atom. The lowest BCUT2D eigenvalue weighted by atomic mass is 10.0. The lowest BCUT2D eigenvalue weighted by molar-refractivity contribution is -0.140. The van der Waals surface area contributed by atoms with Crippen molar-refractivity contribution in [1.82, 2.24) is 4.73 Å². The van der Waals surface area contributed by atoms with Gasteiger partial charge in [0.1, 0.15) is 0 Å². The van der Waals surface area contributed by atoms with Crippen molar-refractivity contribution < 1.29 is 32.8 Å². The summed E-state index contributed by atoms with van der Waals surface area (Å²) in [6, 6.07) is 11.6. The molecule has 0 bridgehead atoms. The molecule has 2 aromatic carbocycles. The highest BCUT2D eigenvalue weighted by Gasteiger charge is 2.26. The number of carbonyl (C=O) groups excluding carboxylic acids is 1. The summed E-state index contributed by atoms with van der Waals surface area (Å²) in [5, 5.41) is 21.3. The standard InChI is InChI=1S/C18H16N2O7S/c1-10(6-13-7-11-4-2-3-5-12(11)8-14(13)19)18(23)27-20-16(21)9-15(17(20)22)28(24,25)26/h2-9,21-22H,19H2,1H3,(H,24,25,26). The van der Waals surface area contributed by atoms with Gasteiger partial charge in [-0.25, -0.2) is 4.79 Å². The van der Waals surface area contributed by atoms with Crippen LogP contribution in [0.25, 0.3) is 16.8 Å². The molecule has 3 rings (SSSR count). The minimum Gasteiger partial charge on any atom is -0.492 e. The van der Waals surface area contributed by atoms with Crippen LogP contribution in [0.1, 0.15) is 12.5 Å².